The third-order valence-corrected chi connectivity index (χ3v) is 6.88. The minimum absolute atomic E-state index is 0.0884. The molecule has 0 spiro atoms. The number of hydrogen-bond acceptors (Lipinski definition) is 5. The highest BCUT2D eigenvalue weighted by Gasteiger charge is 2.21. The number of thioether (sulfide) groups is 1. The molecule has 0 aliphatic rings. The molecule has 9 heteroatoms. The van der Waals surface area contributed by atoms with E-state index in [0.29, 0.717) is 34.3 Å². The summed E-state index contributed by atoms with van der Waals surface area (Å²) < 4.78 is 16.9. The van der Waals surface area contributed by atoms with Crippen LogP contribution in [-0.4, -0.2) is 30.8 Å². The molecule has 0 fully saturated rings. The van der Waals surface area contributed by atoms with Crippen LogP contribution in [-0.2, 0) is 11.3 Å². The van der Waals surface area contributed by atoms with E-state index in [0.717, 1.165) is 12.0 Å². The van der Waals surface area contributed by atoms with E-state index in [2.05, 4.69) is 29.4 Å². The first-order valence-corrected chi connectivity index (χ1v) is 12.8. The van der Waals surface area contributed by atoms with Crippen molar-refractivity contribution in [2.24, 2.45) is 11.8 Å². The molecule has 2 heterocycles. The Morgan fingerprint density at radius 3 is 2.46 bits per heavy atom. The molecule has 2 aromatic heterocycles. The van der Waals surface area contributed by atoms with Crippen LogP contribution in [0.2, 0.25) is 0 Å². The maximum absolute atomic E-state index is 13.3. The van der Waals surface area contributed by atoms with Crippen molar-refractivity contribution in [3.8, 4) is 0 Å². The monoisotopic (exact) mass is 495 g/mol. The number of benzene rings is 2. The number of nitrogens with zero attached hydrogens (tertiary/aromatic N) is 4. The van der Waals surface area contributed by atoms with E-state index < -0.39 is 0 Å². The maximum Gasteiger partial charge on any atom is 0.262 e. The van der Waals surface area contributed by atoms with Gasteiger partial charge in [0.1, 0.15) is 5.82 Å². The second-order valence-electron chi connectivity index (χ2n) is 9.40. The number of fused-ring (bicyclic) bond motifs is 3. The topological polar surface area (TPSA) is 81.3 Å². The van der Waals surface area contributed by atoms with E-state index in [-0.39, 0.29) is 35.0 Å². The van der Waals surface area contributed by atoms with Crippen LogP contribution in [0.3, 0.4) is 0 Å². The number of carbonyl (C=O) groups is 1. The zero-order valence-corrected chi connectivity index (χ0v) is 21.2. The molecule has 4 aromatic rings. The smallest absolute Gasteiger partial charge is 0.262 e. The fourth-order valence-corrected chi connectivity index (χ4v) is 4.82. The van der Waals surface area contributed by atoms with Gasteiger partial charge in [-0.3, -0.25) is 18.6 Å². The maximum atomic E-state index is 13.3. The number of hydrogen-bond donors (Lipinski definition) is 1. The Hall–Kier alpha value is -3.20. The number of halogens is 1. The summed E-state index contributed by atoms with van der Waals surface area (Å²) in [6.45, 7) is 8.79. The number of aromatic nitrogens is 4. The summed E-state index contributed by atoms with van der Waals surface area (Å²) in [5, 5.41) is 12.8. The van der Waals surface area contributed by atoms with Crippen LogP contribution in [0.5, 0.6) is 0 Å². The fourth-order valence-electron chi connectivity index (χ4n) is 4.07. The number of carbonyl (C=O) groups excluding carboxylic acids is 1. The molecule has 1 atom stereocenters. The van der Waals surface area contributed by atoms with Crippen LogP contribution in [0.15, 0.2) is 58.5 Å². The lowest BCUT2D eigenvalue weighted by Crippen LogP contribution is -2.33. The summed E-state index contributed by atoms with van der Waals surface area (Å²) >= 11 is 1.27. The Morgan fingerprint density at radius 1 is 1.06 bits per heavy atom. The second-order valence-corrected chi connectivity index (χ2v) is 10.3. The minimum atomic E-state index is -0.309. The van der Waals surface area contributed by atoms with E-state index in [1.165, 1.54) is 23.9 Å². The van der Waals surface area contributed by atoms with Gasteiger partial charge in [-0.15, -0.1) is 10.2 Å². The van der Waals surface area contributed by atoms with Gasteiger partial charge in [-0.2, -0.15) is 0 Å². The molecule has 0 bridgehead atoms. The highest BCUT2D eigenvalue weighted by molar-refractivity contribution is 7.99. The van der Waals surface area contributed by atoms with E-state index >= 15 is 0 Å². The van der Waals surface area contributed by atoms with Crippen molar-refractivity contribution in [3.63, 3.8) is 0 Å². The van der Waals surface area contributed by atoms with Gasteiger partial charge in [-0.25, -0.2) is 4.39 Å². The Bertz CT molecular complexity index is 1390. The van der Waals surface area contributed by atoms with Crippen molar-refractivity contribution in [2.75, 3.05) is 5.75 Å². The van der Waals surface area contributed by atoms with Gasteiger partial charge in [0.15, 0.2) is 5.16 Å². The number of aryl methyl sites for hydroxylation is 1. The summed E-state index contributed by atoms with van der Waals surface area (Å²) in [5.74, 6) is 0.698. The fraction of sp³-hybridized carbons (Fsp3) is 0.385. The largest absolute Gasteiger partial charge is 0.348 e. The Balaban J connectivity index is 1.60. The minimum Gasteiger partial charge on any atom is -0.348 e. The van der Waals surface area contributed by atoms with Gasteiger partial charge in [0.2, 0.25) is 11.7 Å². The Morgan fingerprint density at radius 2 is 1.77 bits per heavy atom. The highest BCUT2D eigenvalue weighted by atomic mass is 32.2. The molecule has 0 aliphatic heterocycles. The summed E-state index contributed by atoms with van der Waals surface area (Å²) in [5.41, 5.74) is 1.48. The van der Waals surface area contributed by atoms with Crippen molar-refractivity contribution < 1.29 is 9.18 Å². The number of rotatable bonds is 9. The zero-order valence-electron chi connectivity index (χ0n) is 20.4. The quantitative estimate of drug-likeness (QED) is 0.336. The van der Waals surface area contributed by atoms with Crippen LogP contribution in [0.25, 0.3) is 16.7 Å². The number of para-hydroxylation sites is 1. The third kappa shape index (κ3) is 5.40. The van der Waals surface area contributed by atoms with Crippen molar-refractivity contribution >= 4 is 34.3 Å². The van der Waals surface area contributed by atoms with Crippen molar-refractivity contribution in [1.82, 2.24) is 24.5 Å². The molecular weight excluding hydrogens is 465 g/mol. The molecular formula is C26H30FN5O2S. The van der Waals surface area contributed by atoms with E-state index in [4.69, 9.17) is 0 Å². The van der Waals surface area contributed by atoms with Crippen molar-refractivity contribution in [3.05, 3.63) is 70.3 Å². The van der Waals surface area contributed by atoms with Gasteiger partial charge in [-0.1, -0.05) is 63.7 Å². The third-order valence-electron chi connectivity index (χ3n) is 5.95. The summed E-state index contributed by atoms with van der Waals surface area (Å²) in [7, 11) is 0. The summed E-state index contributed by atoms with van der Waals surface area (Å²) in [4.78, 5) is 26.0. The molecule has 0 saturated carbocycles. The van der Waals surface area contributed by atoms with E-state index in [1.807, 2.05) is 36.4 Å². The molecule has 0 radical (unpaired) electrons. The van der Waals surface area contributed by atoms with Gasteiger partial charge in [0.25, 0.3) is 5.56 Å². The Kier molecular flexibility index (Phi) is 7.54. The molecule has 4 rings (SSSR count). The van der Waals surface area contributed by atoms with Crippen molar-refractivity contribution in [2.45, 2.75) is 51.9 Å². The predicted octanol–water partition coefficient (Wildman–Crippen LogP) is 4.84. The SMILES string of the molecule is CC(C)CCn1c(=O)c2ccccc2n2c(SCC(=O)NC(c3ccc(F)cc3)C(C)C)nnc12. The van der Waals surface area contributed by atoms with Crippen LogP contribution in [0, 0.1) is 17.7 Å². The van der Waals surface area contributed by atoms with E-state index in [9.17, 15) is 14.0 Å². The first-order chi connectivity index (χ1) is 16.8. The number of nitrogens with one attached hydrogen (secondary N) is 1. The molecule has 0 aliphatic carbocycles. The lowest BCUT2D eigenvalue weighted by atomic mass is 9.96. The summed E-state index contributed by atoms with van der Waals surface area (Å²) in [6, 6.07) is 13.3. The second kappa shape index (κ2) is 10.6. The first kappa shape index (κ1) is 24.9. The molecule has 1 amide bonds. The van der Waals surface area contributed by atoms with Crippen LogP contribution in [0.1, 0.15) is 45.7 Å². The van der Waals surface area contributed by atoms with E-state index in [1.54, 1.807) is 22.8 Å². The standard InChI is InChI=1S/C26H30FN5O2S/c1-16(2)13-14-31-24(34)20-7-5-6-8-21(20)32-25(31)29-30-26(32)35-15-22(33)28-23(17(3)4)18-9-11-19(27)12-10-18/h5-12,16-17,23H,13-15H2,1-4H3,(H,28,33). The average molecular weight is 496 g/mol. The van der Waals surface area contributed by atoms with Gasteiger partial charge >= 0.3 is 0 Å². The molecule has 1 unspecified atom stereocenters. The lowest BCUT2D eigenvalue weighted by molar-refractivity contribution is -0.119. The molecule has 2 aromatic carbocycles. The molecule has 35 heavy (non-hydrogen) atoms. The molecule has 184 valence electrons. The zero-order chi connectivity index (χ0) is 25.1. The highest BCUT2D eigenvalue weighted by Crippen LogP contribution is 2.24. The van der Waals surface area contributed by atoms with Crippen LogP contribution < -0.4 is 10.9 Å². The van der Waals surface area contributed by atoms with Gasteiger partial charge in [0.05, 0.1) is 22.7 Å². The Labute approximate surface area is 207 Å². The number of amides is 1. The molecule has 7 nitrogen and oxygen atoms in total. The molecule has 1 N–H and O–H groups in total. The first-order valence-electron chi connectivity index (χ1n) is 11.8. The summed E-state index contributed by atoms with van der Waals surface area (Å²) in [6.07, 6.45) is 0.839. The lowest BCUT2D eigenvalue weighted by Gasteiger charge is -2.23. The van der Waals surface area contributed by atoms with Gasteiger partial charge < -0.3 is 5.32 Å². The van der Waals surface area contributed by atoms with Crippen LogP contribution in [0.4, 0.5) is 4.39 Å². The van der Waals surface area contributed by atoms with Crippen molar-refractivity contribution in [1.29, 1.82) is 0 Å². The van der Waals surface area contributed by atoms with Crippen LogP contribution >= 0.6 is 11.8 Å². The normalized spacial score (nSPS) is 12.7. The molecule has 0 saturated heterocycles. The van der Waals surface area contributed by atoms with Gasteiger partial charge in [-0.05, 0) is 48.1 Å². The predicted molar refractivity (Wildman–Crippen MR) is 137 cm³/mol. The average Bonchev–Trinajstić information content (AvgIpc) is 3.25. The van der Waals surface area contributed by atoms with Gasteiger partial charge in [0, 0.05) is 6.54 Å².